The molecule has 20 heavy (non-hydrogen) atoms. The van der Waals surface area contributed by atoms with Gasteiger partial charge < -0.3 is 15.7 Å². The number of pyridine rings is 1. The van der Waals surface area contributed by atoms with Gasteiger partial charge in [0.2, 0.25) is 0 Å². The van der Waals surface area contributed by atoms with Crippen molar-refractivity contribution in [2.24, 2.45) is 0 Å². The molecule has 0 fully saturated rings. The minimum absolute atomic E-state index is 0.0294. The summed E-state index contributed by atoms with van der Waals surface area (Å²) in [5, 5.41) is 14.1. The third-order valence-corrected chi connectivity index (χ3v) is 2.69. The van der Waals surface area contributed by atoms with Crippen molar-refractivity contribution in [1.29, 1.82) is 0 Å². The summed E-state index contributed by atoms with van der Waals surface area (Å²) in [7, 11) is 0. The Balaban J connectivity index is 2.44. The lowest BCUT2D eigenvalue weighted by atomic mass is 10.1. The summed E-state index contributed by atoms with van der Waals surface area (Å²) in [5.41, 5.74) is 0.688. The molecule has 1 atom stereocenters. The molecule has 0 aliphatic heterocycles. The Morgan fingerprint density at radius 3 is 2.75 bits per heavy atom. The molecule has 0 spiro atoms. The number of carboxylic acids is 1. The van der Waals surface area contributed by atoms with Crippen molar-refractivity contribution < 1.29 is 14.7 Å². The summed E-state index contributed by atoms with van der Waals surface area (Å²) in [6, 6.07) is 2.64. The van der Waals surface area contributed by atoms with Crippen LogP contribution in [-0.4, -0.2) is 28.1 Å². The number of hydrogen-bond acceptors (Lipinski definition) is 3. The fourth-order valence-electron chi connectivity index (χ4n) is 1.51. The molecule has 106 valence electrons. The van der Waals surface area contributed by atoms with E-state index in [9.17, 15) is 9.59 Å². The fraction of sp³-hybridized carbons (Fsp3) is 0.357. The number of amides is 2. The van der Waals surface area contributed by atoms with Crippen molar-refractivity contribution in [2.75, 3.05) is 0 Å². The monoisotopic (exact) mass is 275 g/mol. The number of carbonyl (C=O) groups is 2. The lowest BCUT2D eigenvalue weighted by molar-refractivity contribution is 0.0690. The summed E-state index contributed by atoms with van der Waals surface area (Å²) >= 11 is 0. The molecular formula is C14H17N3O3. The third-order valence-electron chi connectivity index (χ3n) is 2.69. The van der Waals surface area contributed by atoms with Gasteiger partial charge in [0.05, 0.1) is 0 Å². The number of aromatic carboxylic acids is 1. The van der Waals surface area contributed by atoms with E-state index in [1.54, 1.807) is 6.07 Å². The first-order valence-corrected chi connectivity index (χ1v) is 6.22. The van der Waals surface area contributed by atoms with Crippen molar-refractivity contribution in [3.05, 3.63) is 29.6 Å². The molecule has 0 aliphatic carbocycles. The van der Waals surface area contributed by atoms with Gasteiger partial charge in [-0.1, -0.05) is 13.0 Å². The number of rotatable bonds is 6. The number of aromatic nitrogens is 1. The number of nitrogens with one attached hydrogen (secondary N) is 2. The van der Waals surface area contributed by atoms with E-state index in [1.165, 1.54) is 12.3 Å². The van der Waals surface area contributed by atoms with E-state index in [1.807, 2.05) is 6.92 Å². The Labute approximate surface area is 117 Å². The maximum atomic E-state index is 11.6. The Morgan fingerprint density at radius 1 is 1.50 bits per heavy atom. The summed E-state index contributed by atoms with van der Waals surface area (Å²) in [4.78, 5) is 26.0. The Bertz CT molecular complexity index is 505. The first-order chi connectivity index (χ1) is 9.56. The van der Waals surface area contributed by atoms with E-state index in [2.05, 4.69) is 21.5 Å². The minimum atomic E-state index is -1.08. The smallest absolute Gasteiger partial charge is 0.354 e. The van der Waals surface area contributed by atoms with Crippen LogP contribution in [0.3, 0.4) is 0 Å². The number of urea groups is 1. The Morgan fingerprint density at radius 2 is 2.25 bits per heavy atom. The van der Waals surface area contributed by atoms with E-state index in [4.69, 9.17) is 11.5 Å². The van der Waals surface area contributed by atoms with Gasteiger partial charge in [0, 0.05) is 25.2 Å². The van der Waals surface area contributed by atoms with Crippen LogP contribution in [0.2, 0.25) is 0 Å². The predicted octanol–water partition coefficient (Wildman–Crippen LogP) is 1.38. The van der Waals surface area contributed by atoms with Gasteiger partial charge >= 0.3 is 12.0 Å². The van der Waals surface area contributed by atoms with Crippen molar-refractivity contribution in [3.8, 4) is 12.3 Å². The first-order valence-electron chi connectivity index (χ1n) is 6.22. The van der Waals surface area contributed by atoms with E-state index in [0.717, 1.165) is 12.0 Å². The second-order valence-corrected chi connectivity index (χ2v) is 4.20. The van der Waals surface area contributed by atoms with E-state index in [-0.39, 0.29) is 24.3 Å². The lowest BCUT2D eigenvalue weighted by Gasteiger charge is -2.14. The van der Waals surface area contributed by atoms with Crippen LogP contribution < -0.4 is 10.6 Å². The zero-order valence-corrected chi connectivity index (χ0v) is 11.2. The van der Waals surface area contributed by atoms with Crippen LogP contribution >= 0.6 is 0 Å². The summed E-state index contributed by atoms with van der Waals surface area (Å²) in [6.45, 7) is 2.21. The molecule has 0 aromatic carbocycles. The number of nitrogens with zero attached hydrogens (tertiary/aromatic N) is 1. The molecule has 0 bridgehead atoms. The molecule has 0 aliphatic rings. The molecule has 6 heteroatoms. The Kier molecular flexibility index (Phi) is 6.04. The average Bonchev–Trinajstić information content (AvgIpc) is 2.45. The van der Waals surface area contributed by atoms with Crippen molar-refractivity contribution in [2.45, 2.75) is 32.4 Å². The normalized spacial score (nSPS) is 11.2. The topological polar surface area (TPSA) is 91.3 Å². The molecule has 2 amide bonds. The lowest BCUT2D eigenvalue weighted by Crippen LogP contribution is -2.41. The van der Waals surface area contributed by atoms with Gasteiger partial charge in [-0.2, -0.15) is 0 Å². The highest BCUT2D eigenvalue weighted by Crippen LogP contribution is 2.00. The zero-order chi connectivity index (χ0) is 15.0. The summed E-state index contributed by atoms with van der Waals surface area (Å²) < 4.78 is 0. The number of terminal acetylenes is 1. The van der Waals surface area contributed by atoms with Crippen LogP contribution in [0, 0.1) is 12.3 Å². The maximum absolute atomic E-state index is 11.6. The van der Waals surface area contributed by atoms with Gasteiger partial charge in [-0.3, -0.25) is 0 Å². The SMILES string of the molecule is C#CCC(CC)NC(=O)NCc1ccc(C(=O)O)nc1. The van der Waals surface area contributed by atoms with Crippen LogP contribution in [0.1, 0.15) is 35.8 Å². The highest BCUT2D eigenvalue weighted by molar-refractivity contribution is 5.85. The van der Waals surface area contributed by atoms with Crippen LogP contribution in [0.4, 0.5) is 4.79 Å². The quantitative estimate of drug-likeness (QED) is 0.684. The van der Waals surface area contributed by atoms with Gasteiger partial charge in [-0.05, 0) is 18.1 Å². The molecule has 6 nitrogen and oxygen atoms in total. The molecule has 0 saturated carbocycles. The first kappa shape index (κ1) is 15.5. The number of hydrogen-bond donors (Lipinski definition) is 3. The molecular weight excluding hydrogens is 258 g/mol. The maximum Gasteiger partial charge on any atom is 0.354 e. The number of carboxylic acid groups (broad SMARTS) is 1. The standard InChI is InChI=1S/C14H17N3O3/c1-3-5-11(4-2)17-14(20)16-9-10-6-7-12(13(18)19)15-8-10/h1,6-8,11H,4-5,9H2,2H3,(H,18,19)(H2,16,17,20). The fourth-order valence-corrected chi connectivity index (χ4v) is 1.51. The molecule has 3 N–H and O–H groups in total. The second-order valence-electron chi connectivity index (χ2n) is 4.20. The molecule has 0 radical (unpaired) electrons. The van der Waals surface area contributed by atoms with Gasteiger partial charge in [0.25, 0.3) is 0 Å². The van der Waals surface area contributed by atoms with Gasteiger partial charge in [0.15, 0.2) is 0 Å². The van der Waals surface area contributed by atoms with E-state index >= 15 is 0 Å². The van der Waals surface area contributed by atoms with Crippen LogP contribution in [0.25, 0.3) is 0 Å². The molecule has 0 saturated heterocycles. The van der Waals surface area contributed by atoms with E-state index < -0.39 is 5.97 Å². The highest BCUT2D eigenvalue weighted by Gasteiger charge is 2.09. The van der Waals surface area contributed by atoms with Crippen molar-refractivity contribution >= 4 is 12.0 Å². The van der Waals surface area contributed by atoms with Crippen LogP contribution in [0.5, 0.6) is 0 Å². The van der Waals surface area contributed by atoms with Gasteiger partial charge in [-0.15, -0.1) is 12.3 Å². The molecule has 1 heterocycles. The summed E-state index contributed by atoms with van der Waals surface area (Å²) in [5.74, 6) is 1.43. The molecule has 1 unspecified atom stereocenters. The zero-order valence-electron chi connectivity index (χ0n) is 11.2. The second kappa shape index (κ2) is 7.79. The predicted molar refractivity (Wildman–Crippen MR) is 74.1 cm³/mol. The van der Waals surface area contributed by atoms with Crippen LogP contribution in [-0.2, 0) is 6.54 Å². The third kappa shape index (κ3) is 4.98. The van der Waals surface area contributed by atoms with Gasteiger partial charge in [0.1, 0.15) is 5.69 Å². The van der Waals surface area contributed by atoms with Crippen molar-refractivity contribution in [1.82, 2.24) is 15.6 Å². The molecule has 1 aromatic heterocycles. The highest BCUT2D eigenvalue weighted by atomic mass is 16.4. The van der Waals surface area contributed by atoms with E-state index in [0.29, 0.717) is 6.42 Å². The number of carbonyl (C=O) groups excluding carboxylic acids is 1. The van der Waals surface area contributed by atoms with Crippen molar-refractivity contribution in [3.63, 3.8) is 0 Å². The van der Waals surface area contributed by atoms with Gasteiger partial charge in [-0.25, -0.2) is 14.6 Å². The Hall–Kier alpha value is -2.55. The molecule has 1 rings (SSSR count). The minimum Gasteiger partial charge on any atom is -0.477 e. The average molecular weight is 275 g/mol. The molecule has 1 aromatic rings. The van der Waals surface area contributed by atoms with Crippen LogP contribution in [0.15, 0.2) is 18.3 Å². The largest absolute Gasteiger partial charge is 0.477 e. The summed E-state index contributed by atoms with van der Waals surface area (Å²) in [6.07, 6.45) is 7.87.